The maximum Gasteiger partial charge on any atom is 0.266 e. The summed E-state index contributed by atoms with van der Waals surface area (Å²) in [5, 5.41) is 3.07. The summed E-state index contributed by atoms with van der Waals surface area (Å²) in [6.45, 7) is 0. The van der Waals surface area contributed by atoms with E-state index < -0.39 is 0 Å². The molecule has 1 aliphatic rings. The van der Waals surface area contributed by atoms with Gasteiger partial charge in [0.15, 0.2) is 5.17 Å². The van der Waals surface area contributed by atoms with Gasteiger partial charge in [0.1, 0.15) is 11.5 Å². The number of ether oxygens (including phenoxy) is 2. The number of rotatable bonds is 4. The third-order valence-electron chi connectivity index (χ3n) is 3.34. The molecule has 6 nitrogen and oxygen atoms in total. The molecule has 1 amide bonds. The number of methoxy groups -OCH3 is 2. The number of carbonyl (C=O) groups is 1. The van der Waals surface area contributed by atoms with Crippen LogP contribution in [0.4, 0.5) is 5.13 Å². The van der Waals surface area contributed by atoms with Gasteiger partial charge in [-0.2, -0.15) is 4.99 Å². The van der Waals surface area contributed by atoms with Crippen LogP contribution in [0, 0.1) is 0 Å². The second-order valence-electron chi connectivity index (χ2n) is 4.79. The fourth-order valence-electron chi connectivity index (χ4n) is 2.10. The predicted molar refractivity (Wildman–Crippen MR) is 97.1 cm³/mol. The number of aromatic nitrogens is 1. The van der Waals surface area contributed by atoms with Crippen LogP contribution in [0.2, 0.25) is 0 Å². The standard InChI is InChI=1S/C16H15N3O3S2/c1-19-14(20)13(24-16(19)18-15-17-6-7-23-15)9-10-8-11(21-2)4-5-12(10)22-3/h4-9H,1-3H3/b13-9-,18-16+. The molecule has 1 aromatic carbocycles. The van der Waals surface area contributed by atoms with E-state index in [0.29, 0.717) is 26.7 Å². The zero-order valence-electron chi connectivity index (χ0n) is 13.3. The Labute approximate surface area is 147 Å². The van der Waals surface area contributed by atoms with E-state index >= 15 is 0 Å². The van der Waals surface area contributed by atoms with E-state index in [-0.39, 0.29) is 5.91 Å². The van der Waals surface area contributed by atoms with Crippen molar-refractivity contribution in [3.63, 3.8) is 0 Å². The number of amidine groups is 1. The first-order chi connectivity index (χ1) is 11.6. The summed E-state index contributed by atoms with van der Waals surface area (Å²) in [5.74, 6) is 1.26. The number of aliphatic imine (C=N–C) groups is 1. The molecular formula is C16H15N3O3S2. The number of amides is 1. The van der Waals surface area contributed by atoms with Gasteiger partial charge in [0.2, 0.25) is 5.13 Å². The molecule has 1 fully saturated rings. The van der Waals surface area contributed by atoms with Gasteiger partial charge >= 0.3 is 0 Å². The Kier molecular flexibility index (Phi) is 4.86. The lowest BCUT2D eigenvalue weighted by atomic mass is 10.1. The third-order valence-corrected chi connectivity index (χ3v) is 5.06. The average Bonchev–Trinajstić information content (AvgIpc) is 3.20. The van der Waals surface area contributed by atoms with Crippen molar-refractivity contribution in [1.29, 1.82) is 0 Å². The molecule has 0 spiro atoms. The van der Waals surface area contributed by atoms with Crippen LogP contribution < -0.4 is 9.47 Å². The van der Waals surface area contributed by atoms with E-state index in [4.69, 9.17) is 9.47 Å². The summed E-state index contributed by atoms with van der Waals surface area (Å²) in [7, 11) is 4.89. The molecule has 0 atom stereocenters. The highest BCUT2D eigenvalue weighted by Gasteiger charge is 2.30. The van der Waals surface area contributed by atoms with E-state index in [1.807, 2.05) is 23.6 Å². The lowest BCUT2D eigenvalue weighted by molar-refractivity contribution is -0.121. The molecule has 0 N–H and O–H groups in total. The summed E-state index contributed by atoms with van der Waals surface area (Å²) >= 11 is 2.73. The SMILES string of the molecule is COc1ccc(OC)c(/C=C2\S/C(=N/c3nccs3)N(C)C2=O)c1. The molecule has 2 heterocycles. The van der Waals surface area contributed by atoms with Crippen molar-refractivity contribution in [2.75, 3.05) is 21.3 Å². The van der Waals surface area contributed by atoms with Gasteiger partial charge < -0.3 is 9.47 Å². The molecule has 0 bridgehead atoms. The number of likely N-dealkylation sites (N-methyl/N-ethyl adjacent to an activating group) is 1. The predicted octanol–water partition coefficient (Wildman–Crippen LogP) is 3.39. The minimum Gasteiger partial charge on any atom is -0.497 e. The fraction of sp³-hybridized carbons (Fsp3) is 0.188. The summed E-state index contributed by atoms with van der Waals surface area (Å²) in [4.78, 5) is 23.1. The Morgan fingerprint density at radius 3 is 2.79 bits per heavy atom. The zero-order chi connectivity index (χ0) is 17.1. The zero-order valence-corrected chi connectivity index (χ0v) is 15.0. The van der Waals surface area contributed by atoms with Crippen molar-refractivity contribution in [2.24, 2.45) is 4.99 Å². The molecule has 0 aliphatic carbocycles. The van der Waals surface area contributed by atoms with Crippen LogP contribution in [-0.4, -0.2) is 42.2 Å². The number of thioether (sulfide) groups is 1. The van der Waals surface area contributed by atoms with E-state index in [0.717, 1.165) is 5.56 Å². The summed E-state index contributed by atoms with van der Waals surface area (Å²) in [6.07, 6.45) is 3.47. The topological polar surface area (TPSA) is 64.0 Å². The first-order valence-corrected chi connectivity index (χ1v) is 8.70. The summed E-state index contributed by atoms with van der Waals surface area (Å²) in [6, 6.07) is 5.45. The molecule has 0 radical (unpaired) electrons. The Balaban J connectivity index is 1.95. The number of nitrogens with zero attached hydrogens (tertiary/aromatic N) is 3. The average molecular weight is 361 g/mol. The Morgan fingerprint density at radius 2 is 2.12 bits per heavy atom. The summed E-state index contributed by atoms with van der Waals surface area (Å²) in [5.41, 5.74) is 0.775. The maximum absolute atomic E-state index is 12.5. The van der Waals surface area contributed by atoms with Crippen molar-refractivity contribution in [3.05, 3.63) is 40.2 Å². The monoisotopic (exact) mass is 361 g/mol. The largest absolute Gasteiger partial charge is 0.497 e. The van der Waals surface area contributed by atoms with E-state index in [1.54, 1.807) is 33.5 Å². The first-order valence-electron chi connectivity index (χ1n) is 7.00. The minimum atomic E-state index is -0.111. The Bertz CT molecular complexity index is 816. The van der Waals surface area contributed by atoms with Crippen LogP contribution >= 0.6 is 23.1 Å². The van der Waals surface area contributed by atoms with Crippen molar-refractivity contribution >= 4 is 45.4 Å². The van der Waals surface area contributed by atoms with E-state index in [1.165, 1.54) is 28.0 Å². The number of hydrogen-bond acceptors (Lipinski definition) is 7. The molecule has 24 heavy (non-hydrogen) atoms. The second-order valence-corrected chi connectivity index (χ2v) is 6.67. The van der Waals surface area contributed by atoms with Crippen molar-refractivity contribution in [1.82, 2.24) is 9.88 Å². The normalized spacial score (nSPS) is 17.8. The van der Waals surface area contributed by atoms with Crippen LogP contribution in [-0.2, 0) is 4.79 Å². The van der Waals surface area contributed by atoms with Crippen LogP contribution in [0.25, 0.3) is 6.08 Å². The smallest absolute Gasteiger partial charge is 0.266 e. The van der Waals surface area contributed by atoms with Gasteiger partial charge in [0.25, 0.3) is 5.91 Å². The number of thiazole rings is 1. The Morgan fingerprint density at radius 1 is 1.29 bits per heavy atom. The number of benzene rings is 1. The van der Waals surface area contributed by atoms with Crippen LogP contribution in [0.15, 0.2) is 39.7 Å². The van der Waals surface area contributed by atoms with Crippen LogP contribution in [0.1, 0.15) is 5.56 Å². The quantitative estimate of drug-likeness (QED) is 0.781. The molecule has 8 heteroatoms. The van der Waals surface area contributed by atoms with Gasteiger partial charge in [0.05, 0.1) is 19.1 Å². The second kappa shape index (κ2) is 7.06. The number of carbonyl (C=O) groups excluding carboxylic acids is 1. The van der Waals surface area contributed by atoms with Crippen molar-refractivity contribution in [3.8, 4) is 11.5 Å². The van der Waals surface area contributed by atoms with Gasteiger partial charge in [-0.1, -0.05) is 0 Å². The van der Waals surface area contributed by atoms with Gasteiger partial charge in [-0.05, 0) is 36.0 Å². The molecule has 124 valence electrons. The highest BCUT2D eigenvalue weighted by Crippen LogP contribution is 2.35. The third kappa shape index (κ3) is 3.29. The molecule has 1 aromatic heterocycles. The molecular weight excluding hydrogens is 346 g/mol. The molecule has 0 unspecified atom stereocenters. The van der Waals surface area contributed by atoms with E-state index in [9.17, 15) is 4.79 Å². The van der Waals surface area contributed by atoms with Gasteiger partial charge in [0, 0.05) is 24.2 Å². The highest BCUT2D eigenvalue weighted by atomic mass is 32.2. The lowest BCUT2D eigenvalue weighted by Gasteiger charge is -2.08. The minimum absolute atomic E-state index is 0.111. The van der Waals surface area contributed by atoms with Gasteiger partial charge in [-0.3, -0.25) is 9.69 Å². The molecule has 0 saturated carbocycles. The summed E-state index contributed by atoms with van der Waals surface area (Å²) < 4.78 is 10.6. The lowest BCUT2D eigenvalue weighted by Crippen LogP contribution is -2.23. The highest BCUT2D eigenvalue weighted by molar-refractivity contribution is 8.18. The fourth-order valence-corrected chi connectivity index (χ4v) is 3.62. The van der Waals surface area contributed by atoms with Crippen LogP contribution in [0.3, 0.4) is 0 Å². The van der Waals surface area contributed by atoms with Crippen molar-refractivity contribution in [2.45, 2.75) is 0 Å². The van der Waals surface area contributed by atoms with E-state index in [2.05, 4.69) is 9.98 Å². The van der Waals surface area contributed by atoms with Gasteiger partial charge in [-0.25, -0.2) is 4.98 Å². The number of hydrogen-bond donors (Lipinski definition) is 0. The van der Waals surface area contributed by atoms with Crippen molar-refractivity contribution < 1.29 is 14.3 Å². The molecule has 1 aliphatic heterocycles. The molecule has 1 saturated heterocycles. The maximum atomic E-state index is 12.5. The molecule has 3 rings (SSSR count). The first kappa shape index (κ1) is 16.5. The van der Waals surface area contributed by atoms with Crippen LogP contribution in [0.5, 0.6) is 11.5 Å². The van der Waals surface area contributed by atoms with Gasteiger partial charge in [-0.15, -0.1) is 11.3 Å². The Hall–Kier alpha value is -2.32. The molecule has 2 aromatic rings.